The van der Waals surface area contributed by atoms with Crippen molar-refractivity contribution in [3.05, 3.63) is 78.1 Å². The number of fused-ring (bicyclic) bond motifs is 1. The summed E-state index contributed by atoms with van der Waals surface area (Å²) in [6, 6.07) is 19.5. The predicted molar refractivity (Wildman–Crippen MR) is 168 cm³/mol. The normalized spacial score (nSPS) is 9.41. The number of amides is 1. The highest BCUT2D eigenvalue weighted by Gasteiger charge is 2.15. The van der Waals surface area contributed by atoms with Crippen LogP contribution < -0.4 is 20.7 Å². The van der Waals surface area contributed by atoms with Crippen molar-refractivity contribution >= 4 is 29.0 Å². The molecule has 9 heteroatoms. The second-order valence-electron chi connectivity index (χ2n) is 8.18. The summed E-state index contributed by atoms with van der Waals surface area (Å²) in [5.41, 5.74) is 4.94. The van der Waals surface area contributed by atoms with Gasteiger partial charge in [0.25, 0.3) is 0 Å². The van der Waals surface area contributed by atoms with Gasteiger partial charge in [0.15, 0.2) is 0 Å². The van der Waals surface area contributed by atoms with Crippen LogP contribution in [0.25, 0.3) is 5.52 Å². The lowest BCUT2D eigenvalue weighted by Gasteiger charge is -2.12. The zero-order valence-electron chi connectivity index (χ0n) is 25.1. The van der Waals surface area contributed by atoms with Gasteiger partial charge in [-0.3, -0.25) is 4.79 Å². The number of ether oxygens (including phenoxy) is 1. The first-order valence-corrected chi connectivity index (χ1v) is 14.1. The van der Waals surface area contributed by atoms with Gasteiger partial charge in [-0.05, 0) is 62.6 Å². The number of hydrogen-bond acceptors (Lipinski definition) is 7. The maximum absolute atomic E-state index is 9.68. The Morgan fingerprint density at radius 2 is 1.66 bits per heavy atom. The molecule has 2 aromatic heterocycles. The van der Waals surface area contributed by atoms with Crippen LogP contribution in [0.5, 0.6) is 11.5 Å². The van der Waals surface area contributed by atoms with E-state index in [1.165, 1.54) is 0 Å². The largest absolute Gasteiger partial charge is 0.457 e. The fourth-order valence-corrected chi connectivity index (χ4v) is 3.70. The van der Waals surface area contributed by atoms with Crippen molar-refractivity contribution in [1.29, 1.82) is 5.26 Å². The van der Waals surface area contributed by atoms with Crippen molar-refractivity contribution < 1.29 is 14.6 Å². The topological polar surface area (TPSA) is 124 Å². The summed E-state index contributed by atoms with van der Waals surface area (Å²) >= 11 is 0. The van der Waals surface area contributed by atoms with Crippen LogP contribution >= 0.6 is 0 Å². The fourth-order valence-electron chi connectivity index (χ4n) is 3.70. The number of benzene rings is 2. The van der Waals surface area contributed by atoms with Crippen LogP contribution in [0.4, 0.5) is 17.1 Å². The molecule has 0 radical (unpaired) electrons. The van der Waals surface area contributed by atoms with E-state index in [1.54, 1.807) is 10.7 Å². The molecule has 4 rings (SSSR count). The smallest absolute Gasteiger partial charge is 0.207 e. The number of aromatic nitrogens is 2. The summed E-state index contributed by atoms with van der Waals surface area (Å²) in [6.45, 7) is 11.0. The van der Waals surface area contributed by atoms with Gasteiger partial charge in [-0.1, -0.05) is 45.9 Å². The third-order valence-electron chi connectivity index (χ3n) is 5.61. The lowest BCUT2D eigenvalue weighted by Crippen LogP contribution is -2.11. The molecule has 9 nitrogen and oxygen atoms in total. The van der Waals surface area contributed by atoms with Crippen molar-refractivity contribution in [2.24, 2.45) is 0 Å². The monoisotopic (exact) mass is 560 g/mol. The van der Waals surface area contributed by atoms with Crippen molar-refractivity contribution in [2.75, 3.05) is 30.8 Å². The number of nitrogens with zero attached hydrogens (tertiary/aromatic N) is 3. The van der Waals surface area contributed by atoms with Crippen molar-refractivity contribution in [2.45, 2.75) is 53.9 Å². The second-order valence-corrected chi connectivity index (χ2v) is 8.18. The lowest BCUT2D eigenvalue weighted by molar-refractivity contribution is -0.109. The van der Waals surface area contributed by atoms with Gasteiger partial charge in [0.2, 0.25) is 6.41 Å². The van der Waals surface area contributed by atoms with Crippen molar-refractivity contribution in [3.8, 4) is 17.6 Å². The van der Waals surface area contributed by atoms with Crippen LogP contribution in [0.1, 0.15) is 58.1 Å². The van der Waals surface area contributed by atoms with Crippen LogP contribution in [-0.2, 0) is 4.79 Å². The molecule has 0 aliphatic heterocycles. The molecule has 0 saturated heterocycles. The standard InChI is InChI=1S/C22H19N5O.C6H13NO2.2C2H6/c1-15-20(24-2)14-27-22(15)21(16(12-23)13-25-27)26-17-8-10-19(11-9-17)28-18-6-4-3-5-7-18;8-5-3-1-2-4-7-6-9;2*1-2/h3-11,13-14,24,26H,1-2H3;6,8H,1-5H2,(H,7,9);2*1-2H3. The highest BCUT2D eigenvalue weighted by atomic mass is 16.5. The highest BCUT2D eigenvalue weighted by Crippen LogP contribution is 2.32. The molecule has 2 aromatic carbocycles. The number of nitrogens with one attached hydrogen (secondary N) is 3. The molecule has 220 valence electrons. The zero-order valence-corrected chi connectivity index (χ0v) is 25.1. The summed E-state index contributed by atoms with van der Waals surface area (Å²) in [5.74, 6) is 1.53. The average molecular weight is 561 g/mol. The van der Waals surface area contributed by atoms with E-state index in [-0.39, 0.29) is 6.61 Å². The van der Waals surface area contributed by atoms with Crippen LogP contribution in [0.2, 0.25) is 0 Å². The van der Waals surface area contributed by atoms with Crippen molar-refractivity contribution in [1.82, 2.24) is 14.9 Å². The molecule has 2 heterocycles. The van der Waals surface area contributed by atoms with E-state index in [0.29, 0.717) is 12.0 Å². The summed E-state index contributed by atoms with van der Waals surface area (Å²) in [5, 5.41) is 31.3. The zero-order chi connectivity index (χ0) is 30.5. The second kappa shape index (κ2) is 20.4. The first kappa shape index (κ1) is 34.5. The van der Waals surface area contributed by atoms with E-state index in [2.05, 4.69) is 27.1 Å². The van der Waals surface area contributed by atoms with Gasteiger partial charge in [-0.2, -0.15) is 10.4 Å². The highest BCUT2D eigenvalue weighted by molar-refractivity contribution is 5.87. The minimum absolute atomic E-state index is 0.251. The minimum Gasteiger partial charge on any atom is -0.457 e. The molecule has 0 aliphatic rings. The van der Waals surface area contributed by atoms with Gasteiger partial charge < -0.3 is 25.8 Å². The van der Waals surface area contributed by atoms with Crippen molar-refractivity contribution in [3.63, 3.8) is 0 Å². The summed E-state index contributed by atoms with van der Waals surface area (Å²) in [4.78, 5) is 9.68. The molecule has 1 amide bonds. The lowest BCUT2D eigenvalue weighted by atomic mass is 10.1. The fraction of sp³-hybridized carbons (Fsp3) is 0.344. The Bertz CT molecular complexity index is 1320. The number of aliphatic hydroxyl groups is 1. The van der Waals surface area contributed by atoms with Gasteiger partial charge in [0.05, 0.1) is 34.8 Å². The van der Waals surface area contributed by atoms with Crippen LogP contribution in [0, 0.1) is 18.3 Å². The van der Waals surface area contributed by atoms with Gasteiger partial charge in [0, 0.05) is 31.5 Å². The Kier molecular flexibility index (Phi) is 17.1. The number of carbonyl (C=O) groups excluding carboxylic acids is 1. The van der Waals surface area contributed by atoms with Gasteiger partial charge in [-0.15, -0.1) is 0 Å². The summed E-state index contributed by atoms with van der Waals surface area (Å²) in [7, 11) is 1.87. The number of unbranched alkanes of at least 4 members (excludes halogenated alkanes) is 2. The number of carbonyl (C=O) groups is 1. The van der Waals surface area contributed by atoms with Crippen LogP contribution in [-0.4, -0.2) is 41.3 Å². The summed E-state index contributed by atoms with van der Waals surface area (Å²) in [6.07, 6.45) is 6.95. The van der Waals surface area contributed by atoms with E-state index in [0.717, 1.165) is 65.4 Å². The van der Waals surface area contributed by atoms with E-state index in [9.17, 15) is 10.1 Å². The maximum atomic E-state index is 9.68. The van der Waals surface area contributed by atoms with Crippen LogP contribution in [0.15, 0.2) is 67.0 Å². The molecule has 0 saturated carbocycles. The molecule has 0 unspecified atom stereocenters. The molecule has 41 heavy (non-hydrogen) atoms. The number of rotatable bonds is 11. The average Bonchev–Trinajstić information content (AvgIpc) is 3.36. The van der Waals surface area contributed by atoms with Gasteiger partial charge in [-0.25, -0.2) is 4.52 Å². The third kappa shape index (κ3) is 10.9. The van der Waals surface area contributed by atoms with Crippen LogP contribution in [0.3, 0.4) is 0 Å². The third-order valence-corrected chi connectivity index (χ3v) is 5.61. The predicted octanol–water partition coefficient (Wildman–Crippen LogP) is 7.04. The quantitative estimate of drug-likeness (QED) is 0.115. The molecule has 0 spiro atoms. The van der Waals surface area contributed by atoms with E-state index in [1.807, 2.05) is 102 Å². The number of aliphatic hydroxyl groups excluding tert-OH is 1. The minimum atomic E-state index is 0.251. The van der Waals surface area contributed by atoms with E-state index in [4.69, 9.17) is 9.84 Å². The molecule has 4 N–H and O–H groups in total. The Balaban J connectivity index is 0.000000551. The molecule has 0 fully saturated rings. The van der Waals surface area contributed by atoms with Gasteiger partial charge in [0.1, 0.15) is 17.6 Å². The molecular weight excluding hydrogens is 516 g/mol. The number of aryl methyl sites for hydroxylation is 1. The number of para-hydroxylation sites is 1. The number of anilines is 3. The summed E-state index contributed by atoms with van der Waals surface area (Å²) < 4.78 is 7.61. The molecule has 0 aliphatic carbocycles. The molecule has 4 aromatic rings. The van der Waals surface area contributed by atoms with Gasteiger partial charge >= 0.3 is 0 Å². The Labute approximate surface area is 244 Å². The van der Waals surface area contributed by atoms with E-state index < -0.39 is 0 Å². The Morgan fingerprint density at radius 1 is 1.00 bits per heavy atom. The SMILES string of the molecule is CC.CC.CNc1cn2ncc(C#N)c(Nc3ccc(Oc4ccccc4)cc3)c2c1C.O=CNCCCCCO. The molecule has 0 atom stereocenters. The maximum Gasteiger partial charge on any atom is 0.207 e. The molecular formula is C32H44N6O3. The first-order chi connectivity index (χ1) is 20.1. The number of nitriles is 1. The Hall–Kier alpha value is -4.55. The van der Waals surface area contributed by atoms with E-state index >= 15 is 0 Å². The Morgan fingerprint density at radius 3 is 2.24 bits per heavy atom. The first-order valence-electron chi connectivity index (χ1n) is 14.1. The molecule has 0 bridgehead atoms. The number of hydrogen-bond donors (Lipinski definition) is 4.